The number of rotatable bonds is 6. The molecular weight excluding hydrogens is 469 g/mol. The molecular formula is C24H19F3N2O4S. The number of aliphatic carboxylic acids is 1. The molecule has 1 heterocycles. The molecule has 0 spiro atoms. The largest absolute Gasteiger partial charge is 0.485 e. The number of ether oxygens (including phenoxy) is 1. The van der Waals surface area contributed by atoms with Gasteiger partial charge in [0.15, 0.2) is 0 Å². The van der Waals surface area contributed by atoms with Crippen LogP contribution in [0.2, 0.25) is 0 Å². The third kappa shape index (κ3) is 4.67. The fourth-order valence-electron chi connectivity index (χ4n) is 3.33. The first-order valence-electron chi connectivity index (χ1n) is 10.1. The summed E-state index contributed by atoms with van der Waals surface area (Å²) >= 11 is 1.19. The van der Waals surface area contributed by atoms with E-state index in [0.717, 1.165) is 17.5 Å². The first-order valence-corrected chi connectivity index (χ1v) is 10.9. The van der Waals surface area contributed by atoms with E-state index in [0.29, 0.717) is 15.1 Å². The molecule has 0 fully saturated rings. The fourth-order valence-corrected chi connectivity index (χ4v) is 4.19. The number of alkyl halides is 3. The van der Waals surface area contributed by atoms with Crippen molar-refractivity contribution in [2.45, 2.75) is 32.2 Å². The van der Waals surface area contributed by atoms with Gasteiger partial charge in [0.05, 0.1) is 21.3 Å². The molecule has 1 amide bonds. The van der Waals surface area contributed by atoms with Gasteiger partial charge in [-0.25, -0.2) is 9.78 Å². The Bertz CT molecular complexity index is 1410. The van der Waals surface area contributed by atoms with Crippen molar-refractivity contribution in [1.82, 2.24) is 10.3 Å². The van der Waals surface area contributed by atoms with E-state index in [-0.39, 0.29) is 23.4 Å². The van der Waals surface area contributed by atoms with Crippen LogP contribution in [0.15, 0.2) is 54.6 Å². The number of halogens is 3. The van der Waals surface area contributed by atoms with E-state index in [9.17, 15) is 27.9 Å². The predicted octanol–water partition coefficient (Wildman–Crippen LogP) is 5.64. The third-order valence-electron chi connectivity index (χ3n) is 5.18. The quantitative estimate of drug-likeness (QED) is 0.367. The Morgan fingerprint density at radius 3 is 2.53 bits per heavy atom. The van der Waals surface area contributed by atoms with Crippen molar-refractivity contribution in [2.75, 3.05) is 0 Å². The van der Waals surface area contributed by atoms with Crippen LogP contribution in [0.3, 0.4) is 0 Å². The van der Waals surface area contributed by atoms with Crippen LogP contribution in [0.1, 0.15) is 34.8 Å². The lowest BCUT2D eigenvalue weighted by Gasteiger charge is -2.22. The Morgan fingerprint density at radius 1 is 1.09 bits per heavy atom. The average Bonchev–Trinajstić information content (AvgIpc) is 3.18. The maximum atomic E-state index is 13.0. The third-order valence-corrected chi connectivity index (χ3v) is 6.19. The van der Waals surface area contributed by atoms with Crippen molar-refractivity contribution >= 4 is 44.2 Å². The van der Waals surface area contributed by atoms with E-state index < -0.39 is 29.2 Å². The molecule has 0 bridgehead atoms. The number of carboxylic acids is 1. The number of aromatic nitrogens is 1. The minimum Gasteiger partial charge on any atom is -0.485 e. The van der Waals surface area contributed by atoms with E-state index >= 15 is 0 Å². The summed E-state index contributed by atoms with van der Waals surface area (Å²) in [6.07, 6.45) is -4.47. The number of benzene rings is 3. The lowest BCUT2D eigenvalue weighted by atomic mass is 10.0. The summed E-state index contributed by atoms with van der Waals surface area (Å²) in [6, 6.07) is 13.8. The summed E-state index contributed by atoms with van der Waals surface area (Å²) in [5.41, 5.74) is -1.96. The highest BCUT2D eigenvalue weighted by atomic mass is 32.1. The van der Waals surface area contributed by atoms with Crippen molar-refractivity contribution < 1.29 is 32.6 Å². The lowest BCUT2D eigenvalue weighted by Crippen LogP contribution is -2.49. The topological polar surface area (TPSA) is 88.5 Å². The molecule has 0 saturated heterocycles. The van der Waals surface area contributed by atoms with Crippen LogP contribution in [0.5, 0.6) is 5.75 Å². The van der Waals surface area contributed by atoms with Gasteiger partial charge in [0.1, 0.15) is 22.9 Å². The molecule has 6 nitrogen and oxygen atoms in total. The second-order valence-corrected chi connectivity index (χ2v) is 9.24. The number of thiazole rings is 1. The van der Waals surface area contributed by atoms with Crippen molar-refractivity contribution in [2.24, 2.45) is 0 Å². The number of hydrogen-bond acceptors (Lipinski definition) is 5. The number of nitrogens with zero attached hydrogens (tertiary/aromatic N) is 1. The van der Waals surface area contributed by atoms with Gasteiger partial charge in [0.25, 0.3) is 5.91 Å². The molecule has 1 aromatic heterocycles. The molecule has 0 unspecified atom stereocenters. The van der Waals surface area contributed by atoms with Crippen LogP contribution in [0.25, 0.3) is 21.0 Å². The van der Waals surface area contributed by atoms with Gasteiger partial charge in [-0.1, -0.05) is 30.3 Å². The Kier molecular flexibility index (Phi) is 5.94. The molecule has 3 aromatic carbocycles. The van der Waals surface area contributed by atoms with Gasteiger partial charge >= 0.3 is 12.1 Å². The maximum Gasteiger partial charge on any atom is 0.416 e. The Hall–Kier alpha value is -3.66. The summed E-state index contributed by atoms with van der Waals surface area (Å²) in [4.78, 5) is 28.6. The second-order valence-electron chi connectivity index (χ2n) is 8.12. The van der Waals surface area contributed by atoms with Gasteiger partial charge in [0, 0.05) is 5.39 Å². The van der Waals surface area contributed by atoms with Crippen LogP contribution in [0, 0.1) is 0 Å². The molecule has 0 saturated carbocycles. The number of carboxylic acid groups (broad SMARTS) is 1. The van der Waals surface area contributed by atoms with Crippen LogP contribution >= 0.6 is 11.3 Å². The van der Waals surface area contributed by atoms with E-state index in [4.69, 9.17) is 4.74 Å². The first-order chi connectivity index (χ1) is 16.0. The van der Waals surface area contributed by atoms with Crippen LogP contribution in [-0.4, -0.2) is 27.5 Å². The summed E-state index contributed by atoms with van der Waals surface area (Å²) in [5.74, 6) is -1.60. The Labute approximate surface area is 196 Å². The molecule has 0 atom stereocenters. The normalized spacial score (nSPS) is 12.1. The zero-order valence-corrected chi connectivity index (χ0v) is 18.9. The van der Waals surface area contributed by atoms with Crippen molar-refractivity contribution in [1.29, 1.82) is 0 Å². The Morgan fingerprint density at radius 2 is 1.82 bits per heavy atom. The predicted molar refractivity (Wildman–Crippen MR) is 122 cm³/mol. The summed E-state index contributed by atoms with van der Waals surface area (Å²) in [6.45, 7) is 2.65. The monoisotopic (exact) mass is 488 g/mol. The summed E-state index contributed by atoms with van der Waals surface area (Å²) in [5, 5.41) is 13.7. The number of amides is 1. The molecule has 4 rings (SSSR count). The highest BCUT2D eigenvalue weighted by molar-refractivity contribution is 7.18. The molecule has 0 aliphatic heterocycles. The zero-order valence-electron chi connectivity index (χ0n) is 18.1. The Balaban J connectivity index is 1.67. The second kappa shape index (κ2) is 8.60. The standard InChI is InChI=1S/C24H19F3N2O4S/c1-23(2,22(31)32)29-21(30)16-9-7-13-5-3-4-6-15(13)20(16)33-12-19-28-17-11-14(24(25,26)27)8-10-18(17)34-19/h3-11H,12H2,1-2H3,(H,29,30)(H,31,32). The van der Waals surface area contributed by atoms with E-state index in [1.54, 1.807) is 24.3 Å². The van der Waals surface area contributed by atoms with Crippen LogP contribution in [0.4, 0.5) is 13.2 Å². The zero-order chi connectivity index (χ0) is 24.7. The molecule has 0 aliphatic rings. The fraction of sp³-hybridized carbons (Fsp3) is 0.208. The van der Waals surface area contributed by atoms with E-state index in [1.807, 2.05) is 12.1 Å². The van der Waals surface area contributed by atoms with Gasteiger partial charge in [-0.2, -0.15) is 13.2 Å². The number of carbonyl (C=O) groups is 2. The van der Waals surface area contributed by atoms with Crippen molar-refractivity contribution in [3.8, 4) is 5.75 Å². The van der Waals surface area contributed by atoms with Gasteiger partial charge in [-0.05, 0) is 43.5 Å². The molecule has 176 valence electrons. The van der Waals surface area contributed by atoms with Gasteiger partial charge in [-0.15, -0.1) is 11.3 Å². The van der Waals surface area contributed by atoms with Crippen LogP contribution in [-0.2, 0) is 17.6 Å². The molecule has 10 heteroatoms. The van der Waals surface area contributed by atoms with Gasteiger partial charge in [0.2, 0.25) is 0 Å². The van der Waals surface area contributed by atoms with Crippen molar-refractivity contribution in [3.05, 3.63) is 70.7 Å². The number of carbonyl (C=O) groups excluding carboxylic acids is 1. The smallest absolute Gasteiger partial charge is 0.416 e. The van der Waals surface area contributed by atoms with Gasteiger partial charge in [-0.3, -0.25) is 4.79 Å². The van der Waals surface area contributed by atoms with Crippen molar-refractivity contribution in [3.63, 3.8) is 0 Å². The number of nitrogens with one attached hydrogen (secondary N) is 1. The minimum absolute atomic E-state index is 0.0860. The average molecular weight is 488 g/mol. The molecule has 0 aliphatic carbocycles. The number of hydrogen-bond donors (Lipinski definition) is 2. The molecule has 34 heavy (non-hydrogen) atoms. The lowest BCUT2D eigenvalue weighted by molar-refractivity contribution is -0.143. The van der Waals surface area contributed by atoms with E-state index in [1.165, 1.54) is 31.3 Å². The van der Waals surface area contributed by atoms with Crippen LogP contribution < -0.4 is 10.1 Å². The minimum atomic E-state index is -4.47. The number of fused-ring (bicyclic) bond motifs is 2. The first kappa shape index (κ1) is 23.5. The summed E-state index contributed by atoms with van der Waals surface area (Å²) in [7, 11) is 0. The molecule has 4 aromatic rings. The van der Waals surface area contributed by atoms with E-state index in [2.05, 4.69) is 10.3 Å². The highest BCUT2D eigenvalue weighted by Gasteiger charge is 2.32. The molecule has 0 radical (unpaired) electrons. The SMILES string of the molecule is CC(C)(NC(=O)c1ccc2ccccc2c1OCc1nc2cc(C(F)(F)F)ccc2s1)C(=O)O. The maximum absolute atomic E-state index is 13.0. The highest BCUT2D eigenvalue weighted by Crippen LogP contribution is 2.34. The van der Waals surface area contributed by atoms with Gasteiger partial charge < -0.3 is 15.2 Å². The molecule has 2 N–H and O–H groups in total. The summed E-state index contributed by atoms with van der Waals surface area (Å²) < 4.78 is 45.6.